The van der Waals surface area contributed by atoms with Crippen LogP contribution in [0.4, 0.5) is 16.2 Å². The zero-order chi connectivity index (χ0) is 15.3. The van der Waals surface area contributed by atoms with Crippen LogP contribution in [0.5, 0.6) is 0 Å². The molecule has 0 saturated carbocycles. The molecule has 2 amide bonds. The second-order valence-electron chi connectivity index (χ2n) is 4.47. The SMILES string of the molecule is CC(C)[C@H](NC(=O)Nc1cccc([N+](=O)[O-])c1)C(=O)O. The van der Waals surface area contributed by atoms with E-state index in [1.54, 1.807) is 13.8 Å². The zero-order valence-electron chi connectivity index (χ0n) is 11.0. The van der Waals surface area contributed by atoms with Crippen LogP contribution in [0.15, 0.2) is 24.3 Å². The summed E-state index contributed by atoms with van der Waals surface area (Å²) in [5, 5.41) is 24.2. The normalized spacial score (nSPS) is 11.8. The molecule has 0 bridgehead atoms. The number of anilines is 1. The summed E-state index contributed by atoms with van der Waals surface area (Å²) in [6.45, 7) is 3.32. The molecular weight excluding hydrogens is 266 g/mol. The number of amides is 2. The fraction of sp³-hybridized carbons (Fsp3) is 0.333. The highest BCUT2D eigenvalue weighted by Crippen LogP contribution is 2.16. The Bertz CT molecular complexity index is 530. The molecule has 0 aliphatic heterocycles. The number of aliphatic carboxylic acids is 1. The van der Waals surface area contributed by atoms with E-state index < -0.39 is 23.0 Å². The van der Waals surface area contributed by atoms with Crippen LogP contribution in [0.3, 0.4) is 0 Å². The van der Waals surface area contributed by atoms with E-state index >= 15 is 0 Å². The maximum absolute atomic E-state index is 11.7. The van der Waals surface area contributed by atoms with Gasteiger partial charge in [0.1, 0.15) is 6.04 Å². The first-order valence-corrected chi connectivity index (χ1v) is 5.86. The first-order chi connectivity index (χ1) is 9.31. The van der Waals surface area contributed by atoms with Crippen molar-refractivity contribution < 1.29 is 19.6 Å². The molecule has 0 radical (unpaired) electrons. The number of nitro benzene ring substituents is 1. The minimum atomic E-state index is -1.14. The fourth-order valence-electron chi connectivity index (χ4n) is 1.52. The third kappa shape index (κ3) is 4.23. The molecule has 1 atom stereocenters. The molecule has 0 spiro atoms. The van der Waals surface area contributed by atoms with Crippen molar-refractivity contribution in [3.63, 3.8) is 0 Å². The molecule has 3 N–H and O–H groups in total. The lowest BCUT2D eigenvalue weighted by atomic mass is 10.1. The third-order valence-electron chi connectivity index (χ3n) is 2.53. The number of rotatable bonds is 5. The van der Waals surface area contributed by atoms with Gasteiger partial charge in [-0.05, 0) is 12.0 Å². The number of carboxylic acids is 1. The average Bonchev–Trinajstić information content (AvgIpc) is 2.35. The summed E-state index contributed by atoms with van der Waals surface area (Å²) in [5.41, 5.74) is 0.0473. The van der Waals surface area contributed by atoms with Gasteiger partial charge in [-0.15, -0.1) is 0 Å². The molecule has 0 unspecified atom stereocenters. The van der Waals surface area contributed by atoms with Crippen LogP contribution in [0, 0.1) is 16.0 Å². The number of hydrogen-bond donors (Lipinski definition) is 3. The van der Waals surface area contributed by atoms with E-state index in [2.05, 4.69) is 10.6 Å². The van der Waals surface area contributed by atoms with Crippen molar-refractivity contribution in [2.45, 2.75) is 19.9 Å². The average molecular weight is 281 g/mol. The summed E-state index contributed by atoms with van der Waals surface area (Å²) in [7, 11) is 0. The van der Waals surface area contributed by atoms with Gasteiger partial charge in [0.2, 0.25) is 0 Å². The smallest absolute Gasteiger partial charge is 0.326 e. The number of carboxylic acid groups (broad SMARTS) is 1. The van der Waals surface area contributed by atoms with Crippen molar-refractivity contribution in [3.05, 3.63) is 34.4 Å². The number of benzene rings is 1. The van der Waals surface area contributed by atoms with Gasteiger partial charge in [-0.1, -0.05) is 19.9 Å². The molecule has 0 saturated heterocycles. The van der Waals surface area contributed by atoms with Crippen LogP contribution in [0.1, 0.15) is 13.8 Å². The minimum absolute atomic E-state index is 0.165. The number of hydrogen-bond acceptors (Lipinski definition) is 4. The lowest BCUT2D eigenvalue weighted by Crippen LogP contribution is -2.46. The molecule has 1 rings (SSSR count). The van der Waals surface area contributed by atoms with Crippen LogP contribution in [0.25, 0.3) is 0 Å². The summed E-state index contributed by atoms with van der Waals surface area (Å²) >= 11 is 0. The molecule has 108 valence electrons. The Labute approximate surface area is 114 Å². The Hall–Kier alpha value is -2.64. The van der Waals surface area contributed by atoms with Crippen molar-refractivity contribution in [1.29, 1.82) is 0 Å². The summed E-state index contributed by atoms with van der Waals surface area (Å²) in [6, 6.07) is 3.60. The lowest BCUT2D eigenvalue weighted by Gasteiger charge is -2.18. The van der Waals surface area contributed by atoms with Gasteiger partial charge in [0, 0.05) is 17.8 Å². The second kappa shape index (κ2) is 6.50. The Balaban J connectivity index is 2.73. The van der Waals surface area contributed by atoms with Gasteiger partial charge >= 0.3 is 12.0 Å². The number of urea groups is 1. The molecule has 8 heteroatoms. The topological polar surface area (TPSA) is 122 Å². The molecule has 1 aromatic carbocycles. The first kappa shape index (κ1) is 15.4. The highest BCUT2D eigenvalue weighted by molar-refractivity contribution is 5.92. The second-order valence-corrected chi connectivity index (χ2v) is 4.47. The monoisotopic (exact) mass is 281 g/mol. The molecule has 20 heavy (non-hydrogen) atoms. The molecule has 0 fully saturated rings. The Morgan fingerprint density at radius 1 is 1.35 bits per heavy atom. The summed E-state index contributed by atoms with van der Waals surface area (Å²) in [6.07, 6.45) is 0. The predicted octanol–water partition coefficient (Wildman–Crippen LogP) is 1.83. The predicted molar refractivity (Wildman–Crippen MR) is 71.5 cm³/mol. The number of nitrogens with one attached hydrogen (secondary N) is 2. The van der Waals surface area contributed by atoms with Crippen molar-refractivity contribution >= 4 is 23.4 Å². The summed E-state index contributed by atoms with van der Waals surface area (Å²) < 4.78 is 0. The third-order valence-corrected chi connectivity index (χ3v) is 2.53. The van der Waals surface area contributed by atoms with Gasteiger partial charge in [-0.25, -0.2) is 9.59 Å². The van der Waals surface area contributed by atoms with Crippen LogP contribution < -0.4 is 10.6 Å². The highest BCUT2D eigenvalue weighted by atomic mass is 16.6. The lowest BCUT2D eigenvalue weighted by molar-refractivity contribution is -0.384. The van der Waals surface area contributed by atoms with Crippen molar-refractivity contribution in [3.8, 4) is 0 Å². The molecule has 0 aliphatic carbocycles. The molecule has 0 aliphatic rings. The van der Waals surface area contributed by atoms with E-state index in [0.29, 0.717) is 0 Å². The van der Waals surface area contributed by atoms with E-state index in [1.165, 1.54) is 24.3 Å². The zero-order valence-corrected chi connectivity index (χ0v) is 11.0. The molecule has 0 aromatic heterocycles. The molecule has 0 heterocycles. The van der Waals surface area contributed by atoms with E-state index in [0.717, 1.165) is 0 Å². The number of nitrogens with zero attached hydrogens (tertiary/aromatic N) is 1. The maximum atomic E-state index is 11.7. The minimum Gasteiger partial charge on any atom is -0.480 e. The molecular formula is C12H15N3O5. The van der Waals surface area contributed by atoms with E-state index in [-0.39, 0.29) is 17.3 Å². The molecule has 1 aromatic rings. The van der Waals surface area contributed by atoms with Crippen LogP contribution in [-0.2, 0) is 4.79 Å². The Kier molecular flexibility index (Phi) is 5.01. The number of carbonyl (C=O) groups excluding carboxylic acids is 1. The van der Waals surface area contributed by atoms with Gasteiger partial charge in [-0.2, -0.15) is 0 Å². The van der Waals surface area contributed by atoms with Gasteiger partial charge in [-0.3, -0.25) is 10.1 Å². The number of nitro groups is 1. The first-order valence-electron chi connectivity index (χ1n) is 5.86. The van der Waals surface area contributed by atoms with Crippen LogP contribution >= 0.6 is 0 Å². The summed E-state index contributed by atoms with van der Waals surface area (Å²) in [5.74, 6) is -1.43. The van der Waals surface area contributed by atoms with Gasteiger partial charge in [0.25, 0.3) is 5.69 Å². The molecule has 8 nitrogen and oxygen atoms in total. The van der Waals surface area contributed by atoms with E-state index in [4.69, 9.17) is 5.11 Å². The van der Waals surface area contributed by atoms with Crippen molar-refractivity contribution in [1.82, 2.24) is 5.32 Å². The Morgan fingerprint density at radius 2 is 2.00 bits per heavy atom. The van der Waals surface area contributed by atoms with E-state index in [9.17, 15) is 19.7 Å². The van der Waals surface area contributed by atoms with Gasteiger partial charge in [0.05, 0.1) is 4.92 Å². The van der Waals surface area contributed by atoms with Crippen LogP contribution in [-0.4, -0.2) is 28.1 Å². The Morgan fingerprint density at radius 3 is 2.50 bits per heavy atom. The largest absolute Gasteiger partial charge is 0.480 e. The van der Waals surface area contributed by atoms with Gasteiger partial charge < -0.3 is 15.7 Å². The fourth-order valence-corrected chi connectivity index (χ4v) is 1.52. The number of non-ortho nitro benzene ring substituents is 1. The highest BCUT2D eigenvalue weighted by Gasteiger charge is 2.23. The maximum Gasteiger partial charge on any atom is 0.326 e. The number of carbonyl (C=O) groups is 2. The summed E-state index contributed by atoms with van der Waals surface area (Å²) in [4.78, 5) is 32.6. The van der Waals surface area contributed by atoms with Gasteiger partial charge in [0.15, 0.2) is 0 Å². The van der Waals surface area contributed by atoms with Crippen LogP contribution in [0.2, 0.25) is 0 Å². The standard InChI is InChI=1S/C12H15N3O5/c1-7(2)10(11(16)17)14-12(18)13-8-4-3-5-9(6-8)15(19)20/h3-7,10H,1-2H3,(H,16,17)(H2,13,14,18)/t10-/m0/s1. The van der Waals surface area contributed by atoms with Crippen molar-refractivity contribution in [2.75, 3.05) is 5.32 Å². The van der Waals surface area contributed by atoms with E-state index in [1.807, 2.05) is 0 Å². The van der Waals surface area contributed by atoms with Crippen molar-refractivity contribution in [2.24, 2.45) is 5.92 Å². The quantitative estimate of drug-likeness (QED) is 0.561.